The summed E-state index contributed by atoms with van der Waals surface area (Å²) < 4.78 is 0. The third-order valence-corrected chi connectivity index (χ3v) is 4.52. The van der Waals surface area contributed by atoms with Crippen molar-refractivity contribution in [3.8, 4) is 0 Å². The normalized spacial score (nSPS) is 10.2. The molecular formula is C22H20N4O4. The molecule has 0 saturated carbocycles. The number of carbonyl (C=O) groups excluding carboxylic acids is 2. The average molecular weight is 404 g/mol. The topological polar surface area (TPSA) is 113 Å². The van der Waals surface area contributed by atoms with Gasteiger partial charge in [-0.25, -0.2) is 4.79 Å². The van der Waals surface area contributed by atoms with Gasteiger partial charge in [0, 0.05) is 34.3 Å². The standard InChI is InChI=1S/C22H20N4O4/c1-14-11-12-17(24-22(28)23-16-7-4-3-5-8-16)13-19(14)25-21(27)18-9-6-10-20(15(18)2)26(29)30/h3-13H,1-2H3,(H,25,27)(H2,23,24,28). The molecular weight excluding hydrogens is 384 g/mol. The number of amides is 3. The Morgan fingerprint density at radius 3 is 2.23 bits per heavy atom. The fourth-order valence-electron chi connectivity index (χ4n) is 2.91. The number of nitro groups is 1. The van der Waals surface area contributed by atoms with Gasteiger partial charge < -0.3 is 16.0 Å². The fourth-order valence-corrected chi connectivity index (χ4v) is 2.91. The van der Waals surface area contributed by atoms with Gasteiger partial charge in [-0.2, -0.15) is 0 Å². The molecule has 0 aliphatic heterocycles. The molecule has 0 bridgehead atoms. The Hall–Kier alpha value is -4.20. The van der Waals surface area contributed by atoms with E-state index in [4.69, 9.17) is 0 Å². The minimum atomic E-state index is -0.521. The van der Waals surface area contributed by atoms with E-state index in [0.29, 0.717) is 17.1 Å². The van der Waals surface area contributed by atoms with Crippen molar-refractivity contribution >= 4 is 34.7 Å². The van der Waals surface area contributed by atoms with E-state index in [1.54, 1.807) is 30.3 Å². The first-order chi connectivity index (χ1) is 14.3. The van der Waals surface area contributed by atoms with E-state index >= 15 is 0 Å². The van der Waals surface area contributed by atoms with Gasteiger partial charge in [0.15, 0.2) is 0 Å². The van der Waals surface area contributed by atoms with Gasteiger partial charge in [0.25, 0.3) is 11.6 Å². The summed E-state index contributed by atoms with van der Waals surface area (Å²) in [6.07, 6.45) is 0. The van der Waals surface area contributed by atoms with Crippen LogP contribution in [0.1, 0.15) is 21.5 Å². The predicted octanol–water partition coefficient (Wildman–Crippen LogP) is 5.11. The molecule has 0 aromatic heterocycles. The Morgan fingerprint density at radius 1 is 0.833 bits per heavy atom. The number of carbonyl (C=O) groups is 2. The molecule has 0 aliphatic carbocycles. The second-order valence-corrected chi connectivity index (χ2v) is 6.64. The Labute approximate surface area is 173 Å². The van der Waals surface area contributed by atoms with Gasteiger partial charge in [0.2, 0.25) is 0 Å². The Kier molecular flexibility index (Phi) is 6.07. The summed E-state index contributed by atoms with van der Waals surface area (Å²) in [5.74, 6) is -0.467. The maximum Gasteiger partial charge on any atom is 0.323 e. The van der Waals surface area contributed by atoms with E-state index in [9.17, 15) is 19.7 Å². The fraction of sp³-hybridized carbons (Fsp3) is 0.0909. The lowest BCUT2D eigenvalue weighted by Gasteiger charge is -2.13. The summed E-state index contributed by atoms with van der Waals surface area (Å²) in [4.78, 5) is 35.5. The van der Waals surface area contributed by atoms with Crippen LogP contribution in [0, 0.1) is 24.0 Å². The number of benzene rings is 3. The molecule has 0 atom stereocenters. The Bertz CT molecular complexity index is 1110. The number of para-hydroxylation sites is 1. The van der Waals surface area contributed by atoms with Crippen molar-refractivity contribution in [3.05, 3.63) is 93.5 Å². The van der Waals surface area contributed by atoms with Crippen LogP contribution < -0.4 is 16.0 Å². The van der Waals surface area contributed by atoms with Gasteiger partial charge in [0.1, 0.15) is 0 Å². The molecule has 0 spiro atoms. The first-order valence-electron chi connectivity index (χ1n) is 9.14. The summed E-state index contributed by atoms with van der Waals surface area (Å²) in [6, 6.07) is 18.0. The highest BCUT2D eigenvalue weighted by Crippen LogP contribution is 2.25. The molecule has 3 amide bonds. The number of rotatable bonds is 5. The summed E-state index contributed by atoms with van der Waals surface area (Å²) in [6.45, 7) is 3.34. The molecule has 152 valence electrons. The third-order valence-electron chi connectivity index (χ3n) is 4.52. The molecule has 3 aromatic carbocycles. The van der Waals surface area contributed by atoms with Gasteiger partial charge in [-0.15, -0.1) is 0 Å². The molecule has 0 aliphatic rings. The highest BCUT2D eigenvalue weighted by molar-refractivity contribution is 6.07. The summed E-state index contributed by atoms with van der Waals surface area (Å²) >= 11 is 0. The number of hydrogen-bond donors (Lipinski definition) is 3. The number of nitrogens with zero attached hydrogens (tertiary/aromatic N) is 1. The molecule has 3 aromatic rings. The number of nitrogens with one attached hydrogen (secondary N) is 3. The summed E-state index contributed by atoms with van der Waals surface area (Å²) in [5, 5.41) is 19.3. The van der Waals surface area contributed by atoms with Crippen molar-refractivity contribution in [1.82, 2.24) is 0 Å². The minimum Gasteiger partial charge on any atom is -0.322 e. The van der Waals surface area contributed by atoms with Gasteiger partial charge >= 0.3 is 6.03 Å². The van der Waals surface area contributed by atoms with Crippen LogP contribution in [0.15, 0.2) is 66.7 Å². The zero-order valence-electron chi connectivity index (χ0n) is 16.4. The molecule has 3 N–H and O–H groups in total. The number of anilines is 3. The van der Waals surface area contributed by atoms with Crippen LogP contribution in [0.5, 0.6) is 0 Å². The van der Waals surface area contributed by atoms with E-state index in [1.807, 2.05) is 25.1 Å². The molecule has 0 fully saturated rings. The van der Waals surface area contributed by atoms with Crippen molar-refractivity contribution in [2.24, 2.45) is 0 Å². The van der Waals surface area contributed by atoms with Crippen LogP contribution in [-0.4, -0.2) is 16.9 Å². The van der Waals surface area contributed by atoms with Gasteiger partial charge in [-0.1, -0.05) is 30.3 Å². The third kappa shape index (κ3) is 4.79. The Balaban J connectivity index is 1.76. The van der Waals surface area contributed by atoms with E-state index in [0.717, 1.165) is 5.56 Å². The lowest BCUT2D eigenvalue weighted by atomic mass is 10.1. The molecule has 3 rings (SSSR count). The molecule has 8 heteroatoms. The largest absolute Gasteiger partial charge is 0.323 e. The zero-order valence-corrected chi connectivity index (χ0v) is 16.4. The van der Waals surface area contributed by atoms with Crippen molar-refractivity contribution in [2.75, 3.05) is 16.0 Å². The van der Waals surface area contributed by atoms with E-state index in [1.165, 1.54) is 25.1 Å². The molecule has 0 unspecified atom stereocenters. The van der Waals surface area contributed by atoms with Crippen molar-refractivity contribution < 1.29 is 14.5 Å². The smallest absolute Gasteiger partial charge is 0.322 e. The van der Waals surface area contributed by atoms with Crippen molar-refractivity contribution in [1.29, 1.82) is 0 Å². The van der Waals surface area contributed by atoms with E-state index in [-0.39, 0.29) is 16.8 Å². The monoisotopic (exact) mass is 404 g/mol. The lowest BCUT2D eigenvalue weighted by Crippen LogP contribution is -2.20. The first kappa shape index (κ1) is 20.5. The first-order valence-corrected chi connectivity index (χ1v) is 9.14. The minimum absolute atomic E-state index is 0.118. The van der Waals surface area contributed by atoms with E-state index < -0.39 is 16.9 Å². The number of urea groups is 1. The second kappa shape index (κ2) is 8.87. The van der Waals surface area contributed by atoms with Crippen LogP contribution in [0.4, 0.5) is 27.5 Å². The van der Waals surface area contributed by atoms with Crippen LogP contribution in [0.2, 0.25) is 0 Å². The maximum absolute atomic E-state index is 12.7. The molecule has 30 heavy (non-hydrogen) atoms. The van der Waals surface area contributed by atoms with Crippen LogP contribution in [0.3, 0.4) is 0 Å². The number of nitro benzene ring substituents is 1. The SMILES string of the molecule is Cc1ccc(NC(=O)Nc2ccccc2)cc1NC(=O)c1cccc([N+](=O)[O-])c1C. The zero-order chi connectivity index (χ0) is 21.7. The molecule has 8 nitrogen and oxygen atoms in total. The molecule has 0 radical (unpaired) electrons. The van der Waals surface area contributed by atoms with Gasteiger partial charge in [-0.05, 0) is 49.7 Å². The molecule has 0 saturated heterocycles. The second-order valence-electron chi connectivity index (χ2n) is 6.64. The van der Waals surface area contributed by atoms with Gasteiger partial charge in [0.05, 0.1) is 4.92 Å². The van der Waals surface area contributed by atoms with Crippen LogP contribution in [-0.2, 0) is 0 Å². The highest BCUT2D eigenvalue weighted by atomic mass is 16.6. The van der Waals surface area contributed by atoms with Crippen LogP contribution in [0.25, 0.3) is 0 Å². The van der Waals surface area contributed by atoms with Crippen LogP contribution >= 0.6 is 0 Å². The quantitative estimate of drug-likeness (QED) is 0.405. The van der Waals surface area contributed by atoms with E-state index in [2.05, 4.69) is 16.0 Å². The Morgan fingerprint density at radius 2 is 1.53 bits per heavy atom. The highest BCUT2D eigenvalue weighted by Gasteiger charge is 2.18. The summed E-state index contributed by atoms with van der Waals surface area (Å²) in [7, 11) is 0. The average Bonchev–Trinajstić information content (AvgIpc) is 2.71. The van der Waals surface area contributed by atoms with Gasteiger partial charge in [-0.3, -0.25) is 14.9 Å². The molecule has 0 heterocycles. The van der Waals surface area contributed by atoms with Crippen molar-refractivity contribution in [3.63, 3.8) is 0 Å². The maximum atomic E-state index is 12.7. The number of aryl methyl sites for hydroxylation is 1. The number of hydrogen-bond acceptors (Lipinski definition) is 4. The predicted molar refractivity (Wildman–Crippen MR) is 116 cm³/mol. The lowest BCUT2D eigenvalue weighted by molar-refractivity contribution is -0.385. The van der Waals surface area contributed by atoms with Crippen molar-refractivity contribution in [2.45, 2.75) is 13.8 Å². The summed E-state index contributed by atoms with van der Waals surface area (Å²) in [5.41, 5.74) is 2.78.